The van der Waals surface area contributed by atoms with Gasteiger partial charge in [-0.2, -0.15) is 0 Å². The third-order valence-corrected chi connectivity index (χ3v) is 20.2. The molecule has 0 saturated heterocycles. The fourth-order valence-electron chi connectivity index (χ4n) is 19.5. The Labute approximate surface area is 243 Å². The molecule has 0 radical (unpaired) electrons. The van der Waals surface area contributed by atoms with Gasteiger partial charge in [0.1, 0.15) is 0 Å². The molecule has 15 atom stereocenters. The Morgan fingerprint density at radius 3 is 1.70 bits per heavy atom. The predicted molar refractivity (Wildman–Crippen MR) is 158 cm³/mol. The van der Waals surface area contributed by atoms with E-state index in [4.69, 9.17) is 0 Å². The molecule has 0 aromatic rings. The summed E-state index contributed by atoms with van der Waals surface area (Å²) in [6.07, 6.45) is 28.7. The molecule has 0 heterocycles. The second-order valence-corrected chi connectivity index (χ2v) is 19.9. The van der Waals surface area contributed by atoms with Crippen LogP contribution in [0.25, 0.3) is 0 Å². The summed E-state index contributed by atoms with van der Waals surface area (Å²) in [4.78, 5) is 0. The number of allylic oxidation sites excluding steroid dienone is 2. The number of hydrogen-bond acceptors (Lipinski definition) is 0. The number of hydrogen-bond donors (Lipinski definition) is 0. The van der Waals surface area contributed by atoms with Gasteiger partial charge in [0.15, 0.2) is 0 Å². The van der Waals surface area contributed by atoms with Crippen LogP contribution in [0.4, 0.5) is 0 Å². The molecule has 0 aromatic carbocycles. The lowest BCUT2D eigenvalue weighted by Gasteiger charge is -3.03. The van der Waals surface area contributed by atoms with Crippen LogP contribution in [-0.4, -0.2) is 0 Å². The minimum Gasteiger partial charge on any atom is -0.0879 e. The van der Waals surface area contributed by atoms with Crippen LogP contribution in [0, 0.1) is 136 Å². The Hall–Kier alpha value is -0.260. The summed E-state index contributed by atoms with van der Waals surface area (Å²) < 4.78 is 0. The summed E-state index contributed by atoms with van der Waals surface area (Å²) >= 11 is 0. The zero-order chi connectivity index (χ0) is 25.2. The zero-order valence-corrected chi connectivity index (χ0v) is 25.0. The van der Waals surface area contributed by atoms with Gasteiger partial charge in [0.2, 0.25) is 0 Å². The van der Waals surface area contributed by atoms with Gasteiger partial charge < -0.3 is 0 Å². The summed E-state index contributed by atoms with van der Waals surface area (Å²) in [5, 5.41) is 0. The van der Waals surface area contributed by atoms with Crippen molar-refractivity contribution in [3.05, 3.63) is 12.2 Å². The summed E-state index contributed by atoms with van der Waals surface area (Å²) in [5.74, 6) is 27.5. The van der Waals surface area contributed by atoms with Crippen molar-refractivity contribution in [3.63, 3.8) is 0 Å². The Bertz CT molecular complexity index is 1030. The van der Waals surface area contributed by atoms with E-state index in [1.807, 2.05) is 0 Å². The van der Waals surface area contributed by atoms with Gasteiger partial charge in [-0.25, -0.2) is 0 Å². The molecule has 0 nitrogen and oxygen atoms in total. The molecular weight excluding hydrogens is 480 g/mol. The van der Waals surface area contributed by atoms with E-state index < -0.39 is 0 Å². The van der Waals surface area contributed by atoms with Crippen molar-refractivity contribution in [2.24, 2.45) is 136 Å². The van der Waals surface area contributed by atoms with E-state index in [2.05, 4.69) is 12.2 Å². The number of fused-ring (bicyclic) bond motifs is 8. The average molecular weight is 535 g/mol. The van der Waals surface area contributed by atoms with E-state index in [-0.39, 0.29) is 0 Å². The Morgan fingerprint density at radius 2 is 1.05 bits per heavy atom. The normalized spacial score (nSPS) is 74.0. The van der Waals surface area contributed by atoms with Crippen molar-refractivity contribution in [3.8, 4) is 0 Å². The predicted octanol–water partition coefficient (Wildman–Crippen LogP) is 9.11. The molecular formula is C40H54. The zero-order valence-electron chi connectivity index (χ0n) is 25.0. The van der Waals surface area contributed by atoms with Gasteiger partial charge in [-0.3, -0.25) is 0 Å². The molecule has 1 spiro atoms. The van der Waals surface area contributed by atoms with Gasteiger partial charge in [0, 0.05) is 0 Å². The van der Waals surface area contributed by atoms with Crippen molar-refractivity contribution in [2.45, 2.75) is 96.3 Å². The van der Waals surface area contributed by atoms with Crippen LogP contribution < -0.4 is 0 Å². The van der Waals surface area contributed by atoms with Gasteiger partial charge in [0.05, 0.1) is 0 Å². The summed E-state index contributed by atoms with van der Waals surface area (Å²) in [5.41, 5.74) is 0.906. The second kappa shape index (κ2) is 7.01. The third-order valence-electron chi connectivity index (χ3n) is 20.2. The van der Waals surface area contributed by atoms with Gasteiger partial charge in [0.25, 0.3) is 0 Å². The van der Waals surface area contributed by atoms with E-state index in [1.165, 1.54) is 113 Å². The average Bonchev–Trinajstić information content (AvgIpc) is 3.81. The van der Waals surface area contributed by atoms with E-state index in [0.29, 0.717) is 0 Å². The van der Waals surface area contributed by atoms with Crippen molar-refractivity contribution in [2.75, 3.05) is 0 Å². The first-order valence-corrected chi connectivity index (χ1v) is 19.5. The largest absolute Gasteiger partial charge is 0.0879 e. The molecule has 40 heavy (non-hydrogen) atoms. The molecule has 0 amide bonds. The van der Waals surface area contributed by atoms with Crippen LogP contribution in [0.15, 0.2) is 12.2 Å². The fraction of sp³-hybridized carbons (Fsp3) is 0.950. The first-order chi connectivity index (χ1) is 19.8. The first kappa shape index (κ1) is 22.3. The number of rotatable bonds is 0. The third kappa shape index (κ3) is 2.21. The van der Waals surface area contributed by atoms with Crippen molar-refractivity contribution in [1.82, 2.24) is 0 Å². The molecule has 16 saturated carbocycles. The molecule has 6 bridgehead atoms. The monoisotopic (exact) mass is 534 g/mol. The van der Waals surface area contributed by atoms with E-state index >= 15 is 0 Å². The SMILES string of the molecule is C12C3C4C1C1C2C3C41.C1=CC2C3CCC(C3)C2C1.C1C2C3CC4C5CC3C1C5C24.C1CC2CC3CCCC3(C1)C2. The minimum atomic E-state index is 0.906. The fourth-order valence-corrected chi connectivity index (χ4v) is 19.5. The van der Waals surface area contributed by atoms with Gasteiger partial charge >= 0.3 is 0 Å². The van der Waals surface area contributed by atoms with Crippen LogP contribution in [0.5, 0.6) is 0 Å². The van der Waals surface area contributed by atoms with Crippen molar-refractivity contribution < 1.29 is 0 Å². The lowest BCUT2D eigenvalue weighted by molar-refractivity contribution is -0.565. The maximum absolute atomic E-state index is 2.49. The Morgan fingerprint density at radius 1 is 0.475 bits per heavy atom. The molecule has 0 aromatic heterocycles. The highest BCUT2D eigenvalue weighted by Gasteiger charge is 2.97. The standard InChI is InChI=1S/C11H14.C11H18.C10H14.C8H8/c1-4-5-2-9-8(1)10-6(4)3-7(5)11(9)10;1-3-9-7-10-4-2-6-11(10,5-1)8-9;1-2-9-7-4-5-8(6-7)10(9)3-1;1-2-5-3(1)7-4(1)6(2)8(5)7/h4-11H,1-3H2;9-10H,1-8H2;1-2,7-10H,3-6H2;1-8H. The van der Waals surface area contributed by atoms with Gasteiger partial charge in [-0.05, 0) is 213 Å². The van der Waals surface area contributed by atoms with Gasteiger partial charge in [-0.15, -0.1) is 0 Å². The van der Waals surface area contributed by atoms with Crippen LogP contribution in [0.2, 0.25) is 0 Å². The Balaban J connectivity index is 0.0000000646. The van der Waals surface area contributed by atoms with Crippen LogP contribution in [0.3, 0.4) is 0 Å². The molecule has 214 valence electrons. The maximum Gasteiger partial charge on any atom is -0.0171 e. The maximum atomic E-state index is 2.49. The van der Waals surface area contributed by atoms with Crippen molar-refractivity contribution >= 4 is 0 Å². The molecule has 16 fully saturated rings. The van der Waals surface area contributed by atoms with Crippen molar-refractivity contribution in [1.29, 1.82) is 0 Å². The van der Waals surface area contributed by atoms with Gasteiger partial charge in [-0.1, -0.05) is 31.4 Å². The smallest absolute Gasteiger partial charge is 0.0171 e. The van der Waals surface area contributed by atoms with Crippen LogP contribution >= 0.6 is 0 Å². The molecule has 17 aliphatic rings. The minimum absolute atomic E-state index is 0.906. The van der Waals surface area contributed by atoms with Crippen LogP contribution in [0.1, 0.15) is 96.3 Å². The topological polar surface area (TPSA) is 0 Å². The molecule has 17 rings (SSSR count). The van der Waals surface area contributed by atoms with E-state index in [9.17, 15) is 0 Å². The highest BCUT2D eigenvalue weighted by atomic mass is 15.0. The quantitative estimate of drug-likeness (QED) is 0.272. The summed E-state index contributed by atoms with van der Waals surface area (Å²) in [7, 11) is 0. The lowest BCUT2D eigenvalue weighted by atomic mass is 9.01. The highest BCUT2D eigenvalue weighted by molar-refractivity contribution is 5.44. The second-order valence-electron chi connectivity index (χ2n) is 19.9. The molecule has 0 N–H and O–H groups in total. The first-order valence-electron chi connectivity index (χ1n) is 19.5. The highest BCUT2D eigenvalue weighted by Crippen LogP contribution is 3.00. The summed E-state index contributed by atoms with van der Waals surface area (Å²) in [6, 6.07) is 0. The molecule has 0 aliphatic heterocycles. The molecule has 0 heteroatoms. The van der Waals surface area contributed by atoms with E-state index in [1.54, 1.807) is 83.5 Å². The molecule has 17 aliphatic carbocycles. The molecule has 15 unspecified atom stereocenters. The van der Waals surface area contributed by atoms with E-state index in [0.717, 1.165) is 35.0 Å². The van der Waals surface area contributed by atoms with Crippen LogP contribution in [-0.2, 0) is 0 Å². The summed E-state index contributed by atoms with van der Waals surface area (Å²) in [6.45, 7) is 0. The lowest BCUT2D eigenvalue weighted by Crippen LogP contribution is -3.00. The Kier molecular flexibility index (Phi) is 3.90.